The van der Waals surface area contributed by atoms with Crippen LogP contribution < -0.4 is 15.9 Å². The molecule has 0 saturated heterocycles. The molecule has 0 fully saturated rings. The summed E-state index contributed by atoms with van der Waals surface area (Å²) in [7, 11) is -0.590. The Kier molecular flexibility index (Phi) is 5.10. The second kappa shape index (κ2) is 7.67. The van der Waals surface area contributed by atoms with E-state index in [9.17, 15) is 0 Å². The maximum absolute atomic E-state index is 2.41. The molecule has 4 rings (SSSR count). The molecule has 0 atom stereocenters. The Bertz CT molecular complexity index is 971. The highest BCUT2D eigenvalue weighted by Crippen LogP contribution is 2.40. The second-order valence-corrected chi connectivity index (χ2v) is 9.41. The summed E-state index contributed by atoms with van der Waals surface area (Å²) in [6.07, 6.45) is 3.40. The van der Waals surface area contributed by atoms with Gasteiger partial charge >= 0.3 is 0 Å². The van der Waals surface area contributed by atoms with Crippen LogP contribution >= 0.6 is 7.92 Å². The topological polar surface area (TPSA) is 0 Å². The van der Waals surface area contributed by atoms with E-state index < -0.39 is 7.92 Å². The van der Waals surface area contributed by atoms with E-state index in [1.54, 1.807) is 0 Å². The van der Waals surface area contributed by atoms with Gasteiger partial charge in [0, 0.05) is 0 Å². The van der Waals surface area contributed by atoms with Crippen LogP contribution in [0.25, 0.3) is 5.57 Å². The molecular formula is C26H25P. The Balaban J connectivity index is 1.95. The van der Waals surface area contributed by atoms with Gasteiger partial charge in [0.1, 0.15) is 0 Å². The second-order valence-electron chi connectivity index (χ2n) is 7.22. The smallest absolute Gasteiger partial charge is 0.00730 e. The van der Waals surface area contributed by atoms with Crippen molar-refractivity contribution < 1.29 is 0 Å². The first-order chi connectivity index (χ1) is 13.1. The normalized spacial score (nSPS) is 14.0. The maximum atomic E-state index is 2.41. The van der Waals surface area contributed by atoms with Crippen molar-refractivity contribution in [2.45, 2.75) is 27.2 Å². The summed E-state index contributed by atoms with van der Waals surface area (Å²) < 4.78 is 0. The number of hydrogen-bond acceptors (Lipinski definition) is 0. The Labute approximate surface area is 164 Å². The first-order valence-electron chi connectivity index (χ1n) is 9.53. The molecule has 0 aromatic heterocycles. The van der Waals surface area contributed by atoms with Gasteiger partial charge in [-0.3, -0.25) is 0 Å². The van der Waals surface area contributed by atoms with Gasteiger partial charge in [-0.05, 0) is 67.7 Å². The average Bonchev–Trinajstić information content (AvgIpc) is 3.03. The minimum absolute atomic E-state index is 0.590. The molecule has 134 valence electrons. The Morgan fingerprint density at radius 3 is 1.81 bits per heavy atom. The molecule has 1 aliphatic rings. The van der Waals surface area contributed by atoms with E-state index in [1.807, 2.05) is 0 Å². The number of allylic oxidation sites excluding steroid dienone is 4. The van der Waals surface area contributed by atoms with E-state index in [0.717, 1.165) is 6.42 Å². The van der Waals surface area contributed by atoms with Crippen LogP contribution in [0.1, 0.15) is 31.4 Å². The quantitative estimate of drug-likeness (QED) is 0.505. The van der Waals surface area contributed by atoms with Gasteiger partial charge in [-0.15, -0.1) is 0 Å². The molecule has 1 aliphatic carbocycles. The number of benzene rings is 3. The monoisotopic (exact) mass is 368 g/mol. The fraction of sp³-hybridized carbons (Fsp3) is 0.154. The summed E-state index contributed by atoms with van der Waals surface area (Å²) in [4.78, 5) is 0. The minimum Gasteiger partial charge on any atom is -0.0769 e. The highest BCUT2D eigenvalue weighted by atomic mass is 31.1. The zero-order valence-corrected chi connectivity index (χ0v) is 17.1. The van der Waals surface area contributed by atoms with E-state index in [1.165, 1.54) is 43.8 Å². The van der Waals surface area contributed by atoms with Gasteiger partial charge in [-0.2, -0.15) is 0 Å². The molecule has 0 amide bonds. The molecule has 0 spiro atoms. The summed E-state index contributed by atoms with van der Waals surface area (Å²) in [5, 5.41) is 4.29. The molecule has 1 heteroatoms. The third-order valence-corrected chi connectivity index (χ3v) is 7.89. The van der Waals surface area contributed by atoms with Crippen LogP contribution in [-0.2, 0) is 0 Å². The van der Waals surface area contributed by atoms with Crippen molar-refractivity contribution in [3.8, 4) is 0 Å². The van der Waals surface area contributed by atoms with Gasteiger partial charge in [0.2, 0.25) is 0 Å². The molecule has 0 N–H and O–H groups in total. The maximum Gasteiger partial charge on any atom is -0.00730 e. The third kappa shape index (κ3) is 3.55. The molecule has 3 aromatic rings. The van der Waals surface area contributed by atoms with Gasteiger partial charge in [0.05, 0.1) is 0 Å². The van der Waals surface area contributed by atoms with Crippen molar-refractivity contribution >= 4 is 29.4 Å². The molecule has 3 aromatic carbocycles. The molecule has 0 bridgehead atoms. The Morgan fingerprint density at radius 2 is 1.30 bits per heavy atom. The molecule has 0 aliphatic heterocycles. The third-order valence-electron chi connectivity index (χ3n) is 5.40. The zero-order chi connectivity index (χ0) is 18.8. The zero-order valence-electron chi connectivity index (χ0n) is 16.2. The lowest BCUT2D eigenvalue weighted by molar-refractivity contribution is 1.38. The van der Waals surface area contributed by atoms with Crippen molar-refractivity contribution in [2.75, 3.05) is 0 Å². The Hall–Kier alpha value is -2.43. The fourth-order valence-corrected chi connectivity index (χ4v) is 6.35. The van der Waals surface area contributed by atoms with Gasteiger partial charge in [-0.1, -0.05) is 96.1 Å². The van der Waals surface area contributed by atoms with Crippen LogP contribution in [0.4, 0.5) is 0 Å². The van der Waals surface area contributed by atoms with Crippen molar-refractivity contribution in [1.29, 1.82) is 0 Å². The molecule has 0 heterocycles. The summed E-state index contributed by atoms with van der Waals surface area (Å²) in [5.74, 6) is 0. The predicted octanol–water partition coefficient (Wildman–Crippen LogP) is 5.88. The van der Waals surface area contributed by atoms with Crippen molar-refractivity contribution in [1.82, 2.24) is 0 Å². The van der Waals surface area contributed by atoms with Crippen LogP contribution in [0.3, 0.4) is 0 Å². The number of rotatable bonds is 4. The highest BCUT2D eigenvalue weighted by molar-refractivity contribution is 7.80. The van der Waals surface area contributed by atoms with Crippen LogP contribution in [0.5, 0.6) is 0 Å². The van der Waals surface area contributed by atoms with Crippen LogP contribution in [-0.4, -0.2) is 0 Å². The standard InChI is InChI=1S/C26H25P/c1-19-14-16-25(24-17-15-20(2)21(24)3)26(18-19)27(22-10-6-4-7-11-22)23-12-8-5-9-13-23/h4-16,18H,17H2,1-3H3. The SMILES string of the molecule is CC1=CCC(c2ccc(C)cc2P(c2ccccc2)c2ccccc2)=C1C. The van der Waals surface area contributed by atoms with Crippen LogP contribution in [0.15, 0.2) is 96.1 Å². The molecule has 0 saturated carbocycles. The van der Waals surface area contributed by atoms with E-state index in [0.29, 0.717) is 0 Å². The largest absolute Gasteiger partial charge is 0.0769 e. The lowest BCUT2D eigenvalue weighted by Crippen LogP contribution is -2.23. The van der Waals surface area contributed by atoms with Gasteiger partial charge in [0.15, 0.2) is 0 Å². The average molecular weight is 368 g/mol. The highest BCUT2D eigenvalue weighted by Gasteiger charge is 2.23. The van der Waals surface area contributed by atoms with E-state index >= 15 is 0 Å². The number of hydrogen-bond donors (Lipinski definition) is 0. The van der Waals surface area contributed by atoms with Gasteiger partial charge < -0.3 is 0 Å². The molecular weight excluding hydrogens is 343 g/mol. The first-order valence-corrected chi connectivity index (χ1v) is 10.9. The van der Waals surface area contributed by atoms with Gasteiger partial charge in [0.25, 0.3) is 0 Å². The molecule has 0 unspecified atom stereocenters. The first kappa shape index (κ1) is 18.0. The van der Waals surface area contributed by atoms with Crippen LogP contribution in [0.2, 0.25) is 0 Å². The summed E-state index contributed by atoms with van der Waals surface area (Å²) in [6.45, 7) is 6.70. The van der Waals surface area contributed by atoms with E-state index in [2.05, 4.69) is 106 Å². The summed E-state index contributed by atoms with van der Waals surface area (Å²) in [5.41, 5.74) is 7.09. The summed E-state index contributed by atoms with van der Waals surface area (Å²) in [6, 6.07) is 29.0. The Morgan fingerprint density at radius 1 is 0.704 bits per heavy atom. The van der Waals surface area contributed by atoms with Crippen LogP contribution in [0, 0.1) is 6.92 Å². The fourth-order valence-electron chi connectivity index (χ4n) is 3.77. The molecule has 0 nitrogen and oxygen atoms in total. The summed E-state index contributed by atoms with van der Waals surface area (Å²) >= 11 is 0. The van der Waals surface area contributed by atoms with Gasteiger partial charge in [-0.25, -0.2) is 0 Å². The molecule has 27 heavy (non-hydrogen) atoms. The van der Waals surface area contributed by atoms with Crippen molar-refractivity contribution in [2.24, 2.45) is 0 Å². The lowest BCUT2D eigenvalue weighted by Gasteiger charge is -2.24. The lowest BCUT2D eigenvalue weighted by atomic mass is 9.99. The predicted molar refractivity (Wildman–Crippen MR) is 121 cm³/mol. The molecule has 0 radical (unpaired) electrons. The van der Waals surface area contributed by atoms with Crippen molar-refractivity contribution in [3.63, 3.8) is 0 Å². The van der Waals surface area contributed by atoms with E-state index in [-0.39, 0.29) is 0 Å². The number of aryl methyl sites for hydroxylation is 1. The van der Waals surface area contributed by atoms with Crippen molar-refractivity contribution in [3.05, 3.63) is 107 Å². The van der Waals surface area contributed by atoms with E-state index in [4.69, 9.17) is 0 Å². The minimum atomic E-state index is -0.590.